The number of benzene rings is 1. The second-order valence-electron chi connectivity index (χ2n) is 8.75. The van der Waals surface area contributed by atoms with Crippen LogP contribution in [0, 0.1) is 5.92 Å². The second-order valence-corrected chi connectivity index (χ2v) is 9.76. The standard InChI is InChI=1S/C23H27F4N3O3S/c24-11-16-10-17(23(25,26)27)2-1-15(16)12-30-6-3-14(4-7-30)9-20-21(29-22(32)34-20)28-18-5-8-33-13-19(18)31/h1-2,9-10,14,18-19,31H,3-8,11-13H2,(H,28,29,32)/b20-9-/t18-,19-/m0/s1. The van der Waals surface area contributed by atoms with Crippen LogP contribution in [-0.4, -0.2) is 59.5 Å². The molecule has 6 nitrogen and oxygen atoms in total. The summed E-state index contributed by atoms with van der Waals surface area (Å²) in [6, 6.07) is 2.94. The molecule has 3 aliphatic heterocycles. The van der Waals surface area contributed by atoms with E-state index in [4.69, 9.17) is 4.74 Å². The van der Waals surface area contributed by atoms with Crippen molar-refractivity contribution >= 4 is 22.8 Å². The number of thioether (sulfide) groups is 1. The molecule has 0 aromatic heterocycles. The van der Waals surface area contributed by atoms with Crippen molar-refractivity contribution in [3.05, 3.63) is 45.9 Å². The topological polar surface area (TPSA) is 74.2 Å². The highest BCUT2D eigenvalue weighted by molar-refractivity contribution is 8.18. The van der Waals surface area contributed by atoms with Gasteiger partial charge in [0.2, 0.25) is 0 Å². The number of halogens is 4. The number of carbonyl (C=O) groups excluding carboxylic acids is 1. The van der Waals surface area contributed by atoms with Gasteiger partial charge in [-0.25, -0.2) is 4.39 Å². The van der Waals surface area contributed by atoms with Crippen LogP contribution in [0.25, 0.3) is 0 Å². The number of aliphatic hydroxyl groups is 1. The molecule has 186 valence electrons. The molecule has 2 atom stereocenters. The maximum absolute atomic E-state index is 13.4. The van der Waals surface area contributed by atoms with Crippen molar-refractivity contribution in [1.29, 1.82) is 0 Å². The number of carbonyl (C=O) groups is 1. The molecule has 3 saturated heterocycles. The molecule has 0 spiro atoms. The molecule has 4 rings (SSSR count). The lowest BCUT2D eigenvalue weighted by molar-refractivity contribution is -0.137. The van der Waals surface area contributed by atoms with E-state index >= 15 is 0 Å². The Morgan fingerprint density at radius 3 is 2.68 bits per heavy atom. The summed E-state index contributed by atoms with van der Waals surface area (Å²) in [7, 11) is 0. The highest BCUT2D eigenvalue weighted by atomic mass is 32.2. The molecule has 2 N–H and O–H groups in total. The molecule has 0 unspecified atom stereocenters. The van der Waals surface area contributed by atoms with Crippen molar-refractivity contribution < 1.29 is 32.2 Å². The fourth-order valence-electron chi connectivity index (χ4n) is 4.38. The predicted molar refractivity (Wildman–Crippen MR) is 121 cm³/mol. The first-order valence-corrected chi connectivity index (χ1v) is 12.1. The Morgan fingerprint density at radius 1 is 1.24 bits per heavy atom. The maximum atomic E-state index is 13.4. The lowest BCUT2D eigenvalue weighted by Crippen LogP contribution is -2.37. The van der Waals surface area contributed by atoms with E-state index in [9.17, 15) is 27.5 Å². The third-order valence-corrected chi connectivity index (χ3v) is 7.17. The molecule has 11 heteroatoms. The average Bonchev–Trinajstić information content (AvgIpc) is 3.14. The van der Waals surface area contributed by atoms with Gasteiger partial charge in [-0.15, -0.1) is 0 Å². The van der Waals surface area contributed by atoms with Gasteiger partial charge in [-0.05, 0) is 73.3 Å². The number of likely N-dealkylation sites (tertiary alicyclic amines) is 1. The maximum Gasteiger partial charge on any atom is 0.416 e. The van der Waals surface area contributed by atoms with E-state index in [1.807, 2.05) is 6.08 Å². The van der Waals surface area contributed by atoms with Crippen molar-refractivity contribution in [2.24, 2.45) is 10.9 Å². The third-order valence-electron chi connectivity index (χ3n) is 6.33. The van der Waals surface area contributed by atoms with Gasteiger partial charge in [-0.2, -0.15) is 13.2 Å². The SMILES string of the molecule is O=C1NC(=N[C@H]2CCOC[C@@H]2O)/C(=C/C2CCN(Cc3ccc(C(F)(F)F)cc3CF)CC2)S1. The Balaban J connectivity index is 1.37. The van der Waals surface area contributed by atoms with Crippen LogP contribution in [0.3, 0.4) is 0 Å². The number of alkyl halides is 4. The zero-order valence-corrected chi connectivity index (χ0v) is 19.3. The Labute approximate surface area is 199 Å². The number of allylic oxidation sites excluding steroid dienone is 1. The number of ether oxygens (including phenoxy) is 1. The summed E-state index contributed by atoms with van der Waals surface area (Å²) < 4.78 is 57.4. The smallest absolute Gasteiger partial charge is 0.388 e. The number of hydrogen-bond donors (Lipinski definition) is 2. The van der Waals surface area contributed by atoms with E-state index in [0.29, 0.717) is 44.1 Å². The largest absolute Gasteiger partial charge is 0.416 e. The molecule has 1 aromatic rings. The number of amidine groups is 1. The first-order valence-electron chi connectivity index (χ1n) is 11.2. The number of amides is 1. The molecule has 0 saturated carbocycles. The third kappa shape index (κ3) is 6.18. The number of aliphatic imine (C=N–C) groups is 1. The summed E-state index contributed by atoms with van der Waals surface area (Å²) in [6.07, 6.45) is -0.966. The fourth-order valence-corrected chi connectivity index (χ4v) is 5.19. The molecule has 0 aliphatic carbocycles. The van der Waals surface area contributed by atoms with Crippen LogP contribution in [0.4, 0.5) is 22.4 Å². The molecule has 3 fully saturated rings. The van der Waals surface area contributed by atoms with Crippen molar-refractivity contribution in [3.63, 3.8) is 0 Å². The highest BCUT2D eigenvalue weighted by Crippen LogP contribution is 2.33. The average molecular weight is 502 g/mol. The van der Waals surface area contributed by atoms with Crippen LogP contribution in [0.15, 0.2) is 34.2 Å². The van der Waals surface area contributed by atoms with E-state index in [1.165, 1.54) is 6.07 Å². The van der Waals surface area contributed by atoms with Gasteiger partial charge < -0.3 is 15.2 Å². The number of piperidine rings is 1. The number of hydrogen-bond acceptors (Lipinski definition) is 6. The van der Waals surface area contributed by atoms with Crippen LogP contribution in [0.1, 0.15) is 36.0 Å². The Morgan fingerprint density at radius 2 is 2.00 bits per heavy atom. The van der Waals surface area contributed by atoms with Crippen LogP contribution < -0.4 is 5.32 Å². The van der Waals surface area contributed by atoms with Crippen LogP contribution >= 0.6 is 11.8 Å². The minimum absolute atomic E-state index is 0.0714. The molecule has 34 heavy (non-hydrogen) atoms. The number of nitrogens with zero attached hydrogens (tertiary/aromatic N) is 2. The monoisotopic (exact) mass is 501 g/mol. The predicted octanol–water partition coefficient (Wildman–Crippen LogP) is 4.28. The Hall–Kier alpha value is -1.95. The Kier molecular flexibility index (Phi) is 7.96. The summed E-state index contributed by atoms with van der Waals surface area (Å²) in [5.74, 6) is 0.699. The molecule has 0 radical (unpaired) electrons. The molecule has 0 bridgehead atoms. The molecule has 3 heterocycles. The highest BCUT2D eigenvalue weighted by Gasteiger charge is 2.32. The van der Waals surface area contributed by atoms with Crippen molar-refractivity contribution in [2.75, 3.05) is 26.3 Å². The van der Waals surface area contributed by atoms with E-state index in [-0.39, 0.29) is 29.4 Å². The first-order chi connectivity index (χ1) is 16.2. The minimum atomic E-state index is -4.49. The lowest BCUT2D eigenvalue weighted by atomic mass is 9.95. The summed E-state index contributed by atoms with van der Waals surface area (Å²) in [5, 5.41) is 12.6. The number of rotatable bonds is 5. The first kappa shape index (κ1) is 25.2. The van der Waals surface area contributed by atoms with Crippen molar-refractivity contribution in [3.8, 4) is 0 Å². The Bertz CT molecular complexity index is 961. The fraction of sp³-hybridized carbons (Fsp3) is 0.565. The molecule has 1 aromatic carbocycles. The van der Waals surface area contributed by atoms with Gasteiger partial charge >= 0.3 is 6.18 Å². The molecular formula is C23H27F4N3O3S. The van der Waals surface area contributed by atoms with Crippen LogP contribution in [-0.2, 0) is 24.1 Å². The van der Waals surface area contributed by atoms with E-state index in [1.54, 1.807) is 0 Å². The van der Waals surface area contributed by atoms with Gasteiger partial charge in [0.15, 0.2) is 0 Å². The van der Waals surface area contributed by atoms with E-state index in [2.05, 4.69) is 15.2 Å². The zero-order valence-electron chi connectivity index (χ0n) is 18.5. The lowest BCUT2D eigenvalue weighted by Gasteiger charge is -2.31. The summed E-state index contributed by atoms with van der Waals surface area (Å²) in [6.45, 7) is 1.61. The molecule has 1 amide bonds. The molecular weight excluding hydrogens is 474 g/mol. The summed E-state index contributed by atoms with van der Waals surface area (Å²) in [4.78, 5) is 19.4. The number of nitrogens with one attached hydrogen (secondary N) is 1. The van der Waals surface area contributed by atoms with Gasteiger partial charge in [-0.3, -0.25) is 14.7 Å². The second kappa shape index (κ2) is 10.8. The quantitative estimate of drug-likeness (QED) is 0.590. The van der Waals surface area contributed by atoms with Crippen LogP contribution in [0.5, 0.6) is 0 Å². The van der Waals surface area contributed by atoms with Gasteiger partial charge in [0.1, 0.15) is 12.5 Å². The summed E-state index contributed by atoms with van der Waals surface area (Å²) in [5.41, 5.74) is -0.197. The van der Waals surface area contributed by atoms with Gasteiger partial charge in [0.05, 0.1) is 29.2 Å². The zero-order chi connectivity index (χ0) is 24.3. The van der Waals surface area contributed by atoms with E-state index < -0.39 is 24.5 Å². The number of aliphatic hydroxyl groups excluding tert-OH is 1. The van der Waals surface area contributed by atoms with Gasteiger partial charge in [-0.1, -0.05) is 12.1 Å². The minimum Gasteiger partial charge on any atom is -0.388 e. The normalized spacial score (nSPS) is 27.5. The van der Waals surface area contributed by atoms with Crippen molar-refractivity contribution in [2.45, 2.75) is 50.8 Å². The van der Waals surface area contributed by atoms with Gasteiger partial charge in [0, 0.05) is 13.2 Å². The van der Waals surface area contributed by atoms with Crippen LogP contribution in [0.2, 0.25) is 0 Å². The summed E-state index contributed by atoms with van der Waals surface area (Å²) >= 11 is 1.09. The van der Waals surface area contributed by atoms with Gasteiger partial charge in [0.25, 0.3) is 5.24 Å². The molecule has 3 aliphatic rings. The van der Waals surface area contributed by atoms with E-state index in [0.717, 1.165) is 41.6 Å². The van der Waals surface area contributed by atoms with Crippen molar-refractivity contribution in [1.82, 2.24) is 10.2 Å².